The zero-order chi connectivity index (χ0) is 24.1. The van der Waals surface area contributed by atoms with Crippen LogP contribution in [0.2, 0.25) is 0 Å². The monoisotopic (exact) mass is 457 g/mol. The number of aromatic amines is 1. The Morgan fingerprint density at radius 3 is 2.64 bits per heavy atom. The molecule has 12 nitrogen and oxygen atoms in total. The van der Waals surface area contributed by atoms with Crippen LogP contribution < -0.4 is 32.1 Å². The quantitative estimate of drug-likeness (QED) is 0.305. The van der Waals surface area contributed by atoms with Gasteiger partial charge in [-0.05, 0) is 37.6 Å². The largest absolute Gasteiger partial charge is 0.481 e. The van der Waals surface area contributed by atoms with E-state index in [1.807, 2.05) is 11.9 Å². The molecular weight excluding hydrogens is 430 g/mol. The van der Waals surface area contributed by atoms with Crippen molar-refractivity contribution in [3.8, 4) is 0 Å². The van der Waals surface area contributed by atoms with E-state index in [4.69, 9.17) is 10.8 Å². The first-order chi connectivity index (χ1) is 15.7. The van der Waals surface area contributed by atoms with Crippen molar-refractivity contribution in [2.45, 2.75) is 31.8 Å². The number of nitrogens with zero attached hydrogens (tertiary/aromatic N) is 2. The summed E-state index contributed by atoms with van der Waals surface area (Å²) in [5.41, 5.74) is 6.71. The van der Waals surface area contributed by atoms with Crippen molar-refractivity contribution in [1.82, 2.24) is 15.3 Å². The highest BCUT2D eigenvalue weighted by Gasteiger charge is 2.27. The third-order valence-electron chi connectivity index (χ3n) is 5.46. The lowest BCUT2D eigenvalue weighted by atomic mass is 10.1. The molecule has 0 bridgehead atoms. The number of aromatic nitrogens is 2. The fourth-order valence-corrected chi connectivity index (χ4v) is 3.55. The highest BCUT2D eigenvalue weighted by atomic mass is 16.4. The van der Waals surface area contributed by atoms with E-state index in [-0.39, 0.29) is 30.6 Å². The van der Waals surface area contributed by atoms with Gasteiger partial charge in [-0.1, -0.05) is 0 Å². The minimum absolute atomic E-state index is 0.0348. The summed E-state index contributed by atoms with van der Waals surface area (Å²) < 4.78 is 0. The van der Waals surface area contributed by atoms with Crippen molar-refractivity contribution in [1.29, 1.82) is 0 Å². The second-order valence-electron chi connectivity index (χ2n) is 7.82. The third kappa shape index (κ3) is 5.79. The highest BCUT2D eigenvalue weighted by Crippen LogP contribution is 2.25. The first-order valence-corrected chi connectivity index (χ1v) is 10.4. The Morgan fingerprint density at radius 2 is 2.00 bits per heavy atom. The predicted octanol–water partition coefficient (Wildman–Crippen LogP) is 0.247. The minimum Gasteiger partial charge on any atom is -0.481 e. The molecule has 1 amide bonds. The van der Waals surface area contributed by atoms with Crippen molar-refractivity contribution in [2.24, 2.45) is 0 Å². The van der Waals surface area contributed by atoms with Gasteiger partial charge in [0.15, 0.2) is 5.78 Å². The van der Waals surface area contributed by atoms with E-state index < -0.39 is 23.5 Å². The number of ketones is 1. The Labute approximate surface area is 189 Å². The van der Waals surface area contributed by atoms with Crippen molar-refractivity contribution in [2.75, 3.05) is 41.4 Å². The summed E-state index contributed by atoms with van der Waals surface area (Å²) in [7, 11) is 1.81. The van der Waals surface area contributed by atoms with Crippen molar-refractivity contribution in [3.05, 3.63) is 40.2 Å². The molecule has 2 heterocycles. The molecule has 0 unspecified atom stereocenters. The van der Waals surface area contributed by atoms with Crippen LogP contribution in [0, 0.1) is 0 Å². The number of carboxylic acid groups (broad SMARTS) is 1. The number of carbonyl (C=O) groups excluding carboxylic acids is 2. The lowest BCUT2D eigenvalue weighted by Gasteiger charge is -2.35. The van der Waals surface area contributed by atoms with Gasteiger partial charge in [0.1, 0.15) is 11.5 Å². The molecule has 12 heteroatoms. The molecule has 176 valence electrons. The Kier molecular flexibility index (Phi) is 7.16. The molecule has 33 heavy (non-hydrogen) atoms. The summed E-state index contributed by atoms with van der Waals surface area (Å²) in [4.78, 5) is 55.5. The Hall–Kier alpha value is -4.09. The van der Waals surface area contributed by atoms with Crippen LogP contribution in [-0.4, -0.2) is 65.0 Å². The molecule has 1 aliphatic heterocycles. The molecule has 0 saturated carbocycles. The van der Waals surface area contributed by atoms with Gasteiger partial charge in [0.2, 0.25) is 5.95 Å². The molecular formula is C21H27N7O5. The van der Waals surface area contributed by atoms with E-state index in [9.17, 15) is 19.2 Å². The second-order valence-corrected chi connectivity index (χ2v) is 7.82. The average molecular weight is 457 g/mol. The summed E-state index contributed by atoms with van der Waals surface area (Å²) in [5, 5.41) is 17.8. The molecule has 0 aliphatic carbocycles. The number of benzene rings is 1. The molecule has 7 N–H and O–H groups in total. The number of fused-ring (bicyclic) bond motifs is 1. The van der Waals surface area contributed by atoms with Gasteiger partial charge in [-0.25, -0.2) is 0 Å². The molecule has 3 rings (SSSR count). The number of amides is 1. The van der Waals surface area contributed by atoms with E-state index in [0.717, 1.165) is 5.69 Å². The number of nitrogens with one attached hydrogen (secondary N) is 4. The molecule has 1 aromatic heterocycles. The number of anilines is 4. The van der Waals surface area contributed by atoms with Crippen molar-refractivity contribution in [3.63, 3.8) is 0 Å². The lowest BCUT2D eigenvalue weighted by molar-refractivity contribution is -0.137. The maximum Gasteiger partial charge on any atom is 0.303 e. The Morgan fingerprint density at radius 1 is 1.30 bits per heavy atom. The lowest BCUT2D eigenvalue weighted by Crippen LogP contribution is -2.48. The number of rotatable bonds is 9. The van der Waals surface area contributed by atoms with Gasteiger partial charge in [-0.3, -0.25) is 19.2 Å². The molecule has 1 aromatic carbocycles. The van der Waals surface area contributed by atoms with Crippen LogP contribution in [0.1, 0.15) is 30.1 Å². The van der Waals surface area contributed by atoms with Gasteiger partial charge in [0, 0.05) is 37.8 Å². The van der Waals surface area contributed by atoms with Crippen LogP contribution >= 0.6 is 0 Å². The number of hydrogen-bond donors (Lipinski definition) is 6. The molecule has 0 spiro atoms. The number of carboxylic acids is 1. The summed E-state index contributed by atoms with van der Waals surface area (Å²) >= 11 is 0. The highest BCUT2D eigenvalue weighted by molar-refractivity contribution is 5.97. The van der Waals surface area contributed by atoms with E-state index in [1.165, 1.54) is 6.92 Å². The first-order valence-electron chi connectivity index (χ1n) is 10.4. The van der Waals surface area contributed by atoms with Gasteiger partial charge in [0.25, 0.3) is 11.5 Å². The summed E-state index contributed by atoms with van der Waals surface area (Å²) in [6.07, 6.45) is -0.176. The minimum atomic E-state index is -1.03. The summed E-state index contributed by atoms with van der Waals surface area (Å²) in [6.45, 7) is 2.40. The normalized spacial score (nSPS) is 15.7. The van der Waals surface area contributed by atoms with E-state index in [0.29, 0.717) is 30.2 Å². The topological polar surface area (TPSA) is 183 Å². The van der Waals surface area contributed by atoms with E-state index in [2.05, 4.69) is 25.9 Å². The van der Waals surface area contributed by atoms with E-state index >= 15 is 0 Å². The fraction of sp³-hybridized carbons (Fsp3) is 0.381. The molecule has 0 saturated heterocycles. The zero-order valence-corrected chi connectivity index (χ0v) is 18.3. The zero-order valence-electron chi connectivity index (χ0n) is 18.3. The maximum atomic E-state index is 12.4. The number of carbonyl (C=O) groups is 3. The second kappa shape index (κ2) is 10.0. The van der Waals surface area contributed by atoms with Gasteiger partial charge in [-0.15, -0.1) is 0 Å². The molecule has 2 aromatic rings. The number of aliphatic carboxylic acids is 1. The van der Waals surface area contributed by atoms with Crippen LogP contribution in [-0.2, 0) is 9.59 Å². The Balaban J connectivity index is 1.58. The number of hydrogen-bond acceptors (Lipinski definition) is 9. The molecule has 0 radical (unpaired) electrons. The standard InChI is InChI=1S/C21H27N7O5/c1-11(29)15(7-8-16(30)31)25-19(32)12-3-5-13(6-4-12)23-9-14-10-24-18-17(28(14)2)20(33)27-21(22)26-18/h3-6,14-15,23H,7-10H2,1-2H3,(H,25,32)(H,30,31)(H4,22,24,26,27,33)/t14-,15-/m0/s1. The molecule has 1 aliphatic rings. The van der Waals surface area contributed by atoms with Gasteiger partial charge in [0.05, 0.1) is 12.1 Å². The van der Waals surface area contributed by atoms with Crippen LogP contribution in [0.3, 0.4) is 0 Å². The number of H-pyrrole nitrogens is 1. The summed E-state index contributed by atoms with van der Waals surface area (Å²) in [6, 6.07) is 5.79. The number of nitrogen functional groups attached to an aromatic ring is 1. The van der Waals surface area contributed by atoms with Crippen LogP contribution in [0.25, 0.3) is 0 Å². The van der Waals surface area contributed by atoms with Crippen LogP contribution in [0.5, 0.6) is 0 Å². The Bertz CT molecular complexity index is 1100. The van der Waals surface area contributed by atoms with Gasteiger partial charge >= 0.3 is 5.97 Å². The summed E-state index contributed by atoms with van der Waals surface area (Å²) in [5.74, 6) is -1.19. The third-order valence-corrected chi connectivity index (χ3v) is 5.46. The maximum absolute atomic E-state index is 12.4. The molecule has 2 atom stereocenters. The number of Topliss-reactive ketones (excluding diaryl/α,β-unsaturated/α-hetero) is 1. The number of likely N-dealkylation sites (N-methyl/N-ethyl adjacent to an activating group) is 1. The predicted molar refractivity (Wildman–Crippen MR) is 124 cm³/mol. The van der Waals surface area contributed by atoms with Crippen molar-refractivity contribution < 1.29 is 19.5 Å². The fourth-order valence-electron chi connectivity index (χ4n) is 3.55. The van der Waals surface area contributed by atoms with Crippen LogP contribution in [0.4, 0.5) is 23.1 Å². The number of nitrogens with two attached hydrogens (primary N) is 1. The van der Waals surface area contributed by atoms with Crippen molar-refractivity contribution >= 4 is 40.8 Å². The van der Waals surface area contributed by atoms with E-state index in [1.54, 1.807) is 24.3 Å². The van der Waals surface area contributed by atoms with Gasteiger partial charge in [-0.2, -0.15) is 4.98 Å². The smallest absolute Gasteiger partial charge is 0.303 e. The first kappa shape index (κ1) is 23.6. The average Bonchev–Trinajstić information content (AvgIpc) is 2.75. The van der Waals surface area contributed by atoms with Gasteiger partial charge < -0.3 is 36.7 Å². The van der Waals surface area contributed by atoms with Crippen LogP contribution in [0.15, 0.2) is 29.1 Å². The molecule has 0 fully saturated rings. The SMILES string of the molecule is CC(=O)[C@H](CCC(=O)O)NC(=O)c1ccc(NC[C@H]2CNc3[nH]c(N)nc(=O)c3N2C)cc1.